The molecule has 0 aliphatic rings. The zero-order valence-electron chi connectivity index (χ0n) is 7.40. The molecule has 0 bridgehead atoms. The van der Waals surface area contributed by atoms with Gasteiger partial charge in [0.15, 0.2) is 0 Å². The zero-order valence-corrected chi connectivity index (χ0v) is 8.43. The smallest absolute Gasteiger partial charge is 1.00 e. The van der Waals surface area contributed by atoms with E-state index in [1.807, 2.05) is 0 Å². The first-order valence-electron chi connectivity index (χ1n) is 2.00. The standard InChI is InChI=1S/C3H6O5S.Ca.2H/c1-3(4)8-2-9(5,6)7;;;/h2H2,1H3,(H,5,6,7);;;/q;+2;2*-1. The summed E-state index contributed by atoms with van der Waals surface area (Å²) >= 11 is 0. The fourth-order valence-corrected chi connectivity index (χ4v) is 0.472. The molecule has 0 heterocycles. The van der Waals surface area contributed by atoms with Gasteiger partial charge in [0.1, 0.15) is 0 Å². The number of carbonyl (C=O) groups excluding carboxylic acids is 1. The number of ether oxygens (including phenoxy) is 1. The molecule has 58 valence electrons. The van der Waals surface area contributed by atoms with Crippen LogP contribution in [0.2, 0.25) is 0 Å². The second kappa shape index (κ2) is 5.31. The summed E-state index contributed by atoms with van der Waals surface area (Å²) in [6.07, 6.45) is 0. The summed E-state index contributed by atoms with van der Waals surface area (Å²) < 4.78 is 31.5. The monoisotopic (exact) mass is 196 g/mol. The van der Waals surface area contributed by atoms with Gasteiger partial charge in [0.25, 0.3) is 0 Å². The number of rotatable bonds is 2. The Hall–Kier alpha value is 0.640. The summed E-state index contributed by atoms with van der Waals surface area (Å²) in [5.41, 5.74) is 0. The maximum absolute atomic E-state index is 9.89. The molecule has 0 radical (unpaired) electrons. The van der Waals surface area contributed by atoms with E-state index >= 15 is 0 Å². The van der Waals surface area contributed by atoms with E-state index in [2.05, 4.69) is 4.74 Å². The van der Waals surface area contributed by atoms with Gasteiger partial charge in [-0.15, -0.1) is 0 Å². The van der Waals surface area contributed by atoms with Crippen molar-refractivity contribution in [3.8, 4) is 0 Å². The Morgan fingerprint density at radius 3 is 2.20 bits per heavy atom. The summed E-state index contributed by atoms with van der Waals surface area (Å²) in [4.78, 5) is 9.89. The maximum atomic E-state index is 9.89. The number of hydrogen-bond donors (Lipinski definition) is 1. The first kappa shape index (κ1) is 13.2. The van der Waals surface area contributed by atoms with Crippen LogP contribution in [0.15, 0.2) is 0 Å². The van der Waals surface area contributed by atoms with E-state index in [0.717, 1.165) is 6.92 Å². The summed E-state index contributed by atoms with van der Waals surface area (Å²) in [6, 6.07) is 0. The molecule has 1 N–H and O–H groups in total. The molecule has 0 amide bonds. The van der Waals surface area contributed by atoms with Crippen LogP contribution >= 0.6 is 0 Å². The van der Waals surface area contributed by atoms with Crippen LogP contribution in [0.5, 0.6) is 0 Å². The second-order valence-electron chi connectivity index (χ2n) is 1.34. The van der Waals surface area contributed by atoms with E-state index in [1.54, 1.807) is 0 Å². The van der Waals surface area contributed by atoms with Crippen molar-refractivity contribution in [2.75, 3.05) is 5.94 Å². The van der Waals surface area contributed by atoms with E-state index in [-0.39, 0.29) is 40.6 Å². The minimum Gasteiger partial charge on any atom is -1.00 e. The minimum atomic E-state index is -4.16. The number of carbonyl (C=O) groups is 1. The van der Waals surface area contributed by atoms with Crippen LogP contribution in [0.1, 0.15) is 9.78 Å². The molecular weight excluding hydrogens is 188 g/mol. The van der Waals surface area contributed by atoms with Crippen LogP contribution in [0.25, 0.3) is 0 Å². The van der Waals surface area contributed by atoms with Crippen LogP contribution in [-0.4, -0.2) is 62.6 Å². The molecule has 10 heavy (non-hydrogen) atoms. The third-order valence-electron chi connectivity index (χ3n) is 0.411. The van der Waals surface area contributed by atoms with Crippen LogP contribution in [0.3, 0.4) is 0 Å². The molecule has 0 saturated heterocycles. The number of hydrogen-bond acceptors (Lipinski definition) is 4. The van der Waals surface area contributed by atoms with Gasteiger partial charge >= 0.3 is 53.8 Å². The molecule has 0 atom stereocenters. The van der Waals surface area contributed by atoms with Crippen LogP contribution in [0.4, 0.5) is 0 Å². The molecular formula is C3H8CaO5S. The molecule has 0 saturated carbocycles. The van der Waals surface area contributed by atoms with E-state index in [4.69, 9.17) is 4.55 Å². The quantitative estimate of drug-likeness (QED) is 0.356. The average Bonchev–Trinajstić information content (AvgIpc) is 1.59. The van der Waals surface area contributed by atoms with Gasteiger partial charge in [0, 0.05) is 6.92 Å². The van der Waals surface area contributed by atoms with Gasteiger partial charge in [0.05, 0.1) is 0 Å². The minimum absolute atomic E-state index is 0. The Morgan fingerprint density at radius 2 is 2.10 bits per heavy atom. The van der Waals surface area contributed by atoms with Gasteiger partial charge in [-0.25, -0.2) is 0 Å². The van der Waals surface area contributed by atoms with Crippen LogP contribution < -0.4 is 0 Å². The van der Waals surface area contributed by atoms with Crippen LogP contribution in [-0.2, 0) is 19.6 Å². The Morgan fingerprint density at radius 1 is 1.70 bits per heavy atom. The van der Waals surface area contributed by atoms with Gasteiger partial charge in [-0.2, -0.15) is 8.42 Å². The van der Waals surface area contributed by atoms with E-state index in [9.17, 15) is 13.2 Å². The SMILES string of the molecule is CC(=O)OCS(=O)(=O)O.[Ca+2].[H-].[H-]. The molecule has 0 unspecified atom stereocenters. The molecule has 0 aliphatic carbocycles. The average molecular weight is 196 g/mol. The summed E-state index contributed by atoms with van der Waals surface area (Å²) in [5, 5.41) is 0. The van der Waals surface area contributed by atoms with Crippen molar-refractivity contribution in [2.45, 2.75) is 6.92 Å². The molecule has 5 nitrogen and oxygen atoms in total. The van der Waals surface area contributed by atoms with Gasteiger partial charge in [0.2, 0.25) is 5.94 Å². The third kappa shape index (κ3) is 11.4. The van der Waals surface area contributed by atoms with Crippen molar-refractivity contribution >= 4 is 53.8 Å². The van der Waals surface area contributed by atoms with Gasteiger partial charge < -0.3 is 7.59 Å². The predicted octanol–water partition coefficient (Wildman–Crippen LogP) is -0.761. The van der Waals surface area contributed by atoms with Crippen LogP contribution in [0, 0.1) is 0 Å². The van der Waals surface area contributed by atoms with Crippen molar-refractivity contribution in [3.63, 3.8) is 0 Å². The van der Waals surface area contributed by atoms with Crippen molar-refractivity contribution in [1.82, 2.24) is 0 Å². The normalized spacial score (nSPS) is 9.80. The van der Waals surface area contributed by atoms with Gasteiger partial charge in [-0.1, -0.05) is 0 Å². The Labute approximate surface area is 91.5 Å². The summed E-state index contributed by atoms with van der Waals surface area (Å²) in [5.74, 6) is -1.71. The van der Waals surface area contributed by atoms with E-state index in [1.165, 1.54) is 0 Å². The molecule has 0 rings (SSSR count). The Balaban J connectivity index is -0.000000107. The predicted molar refractivity (Wildman–Crippen MR) is 36.2 cm³/mol. The van der Waals surface area contributed by atoms with E-state index in [0.29, 0.717) is 0 Å². The molecule has 7 heteroatoms. The van der Waals surface area contributed by atoms with Crippen molar-refractivity contribution < 1.29 is 25.4 Å². The molecule has 0 aromatic rings. The molecule has 0 aliphatic heterocycles. The van der Waals surface area contributed by atoms with Crippen molar-refractivity contribution in [3.05, 3.63) is 0 Å². The maximum Gasteiger partial charge on any atom is 2.00 e. The first-order chi connectivity index (χ1) is 3.92. The molecule has 0 aromatic carbocycles. The van der Waals surface area contributed by atoms with Gasteiger partial charge in [-0.05, 0) is 0 Å². The van der Waals surface area contributed by atoms with E-state index < -0.39 is 22.0 Å². The Bertz CT molecular complexity index is 203. The fourth-order valence-electron chi connectivity index (χ4n) is 0.157. The van der Waals surface area contributed by atoms with Gasteiger partial charge in [-0.3, -0.25) is 9.35 Å². The molecule has 0 spiro atoms. The molecule has 0 fully saturated rings. The summed E-state index contributed by atoms with van der Waals surface area (Å²) in [6.45, 7) is 1.05. The Kier molecular flexibility index (Phi) is 7.03. The fraction of sp³-hybridized carbons (Fsp3) is 0.667. The molecule has 0 aromatic heterocycles. The second-order valence-corrected chi connectivity index (χ2v) is 2.74. The van der Waals surface area contributed by atoms with Crippen molar-refractivity contribution in [1.29, 1.82) is 0 Å². The topological polar surface area (TPSA) is 80.7 Å². The third-order valence-corrected chi connectivity index (χ3v) is 0.827. The van der Waals surface area contributed by atoms with Crippen molar-refractivity contribution in [2.24, 2.45) is 0 Å². The zero-order chi connectivity index (χ0) is 7.49. The number of esters is 1. The first-order valence-corrected chi connectivity index (χ1v) is 3.61. The summed E-state index contributed by atoms with van der Waals surface area (Å²) in [7, 11) is -4.16. The largest absolute Gasteiger partial charge is 2.00 e.